The Hall–Kier alpha value is -1.87. The Labute approximate surface area is 106 Å². The third kappa shape index (κ3) is 2.51. The molecule has 0 aliphatic heterocycles. The van der Waals surface area contributed by atoms with Crippen LogP contribution < -0.4 is 10.1 Å². The zero-order valence-corrected chi connectivity index (χ0v) is 10.5. The number of ether oxygens (including phenoxy) is 1. The number of rotatable bonds is 4. The van der Waals surface area contributed by atoms with Crippen LogP contribution in [0.4, 0.5) is 4.39 Å². The SMILES string of the molecule is CNC(c1ccccc1)c1ccc(F)c(OC)c1. The second-order valence-electron chi connectivity index (χ2n) is 4.03. The van der Waals surface area contributed by atoms with Gasteiger partial charge < -0.3 is 10.1 Å². The van der Waals surface area contributed by atoms with E-state index in [0.717, 1.165) is 11.1 Å². The van der Waals surface area contributed by atoms with E-state index in [0.29, 0.717) is 0 Å². The van der Waals surface area contributed by atoms with Crippen molar-refractivity contribution >= 4 is 0 Å². The molecule has 0 amide bonds. The molecule has 1 N–H and O–H groups in total. The summed E-state index contributed by atoms with van der Waals surface area (Å²) in [5.41, 5.74) is 2.11. The fourth-order valence-electron chi connectivity index (χ4n) is 2.03. The van der Waals surface area contributed by atoms with Crippen molar-refractivity contribution in [3.05, 3.63) is 65.5 Å². The second-order valence-corrected chi connectivity index (χ2v) is 4.03. The molecule has 0 aliphatic rings. The van der Waals surface area contributed by atoms with E-state index in [2.05, 4.69) is 5.32 Å². The summed E-state index contributed by atoms with van der Waals surface area (Å²) in [4.78, 5) is 0. The van der Waals surface area contributed by atoms with Crippen LogP contribution in [-0.4, -0.2) is 14.2 Å². The first-order chi connectivity index (χ1) is 8.76. The van der Waals surface area contributed by atoms with Gasteiger partial charge in [-0.1, -0.05) is 36.4 Å². The number of nitrogens with one attached hydrogen (secondary N) is 1. The molecule has 1 atom stereocenters. The predicted molar refractivity (Wildman–Crippen MR) is 70.3 cm³/mol. The lowest BCUT2D eigenvalue weighted by Crippen LogP contribution is -2.17. The lowest BCUT2D eigenvalue weighted by Gasteiger charge is -2.18. The van der Waals surface area contributed by atoms with Crippen LogP contribution in [0.5, 0.6) is 5.75 Å². The number of hydrogen-bond acceptors (Lipinski definition) is 2. The van der Waals surface area contributed by atoms with Gasteiger partial charge in [0.2, 0.25) is 0 Å². The number of halogens is 1. The van der Waals surface area contributed by atoms with Crippen molar-refractivity contribution in [2.75, 3.05) is 14.2 Å². The van der Waals surface area contributed by atoms with Gasteiger partial charge in [0.15, 0.2) is 11.6 Å². The average Bonchev–Trinajstić information content (AvgIpc) is 2.42. The van der Waals surface area contributed by atoms with Crippen molar-refractivity contribution in [1.29, 1.82) is 0 Å². The van der Waals surface area contributed by atoms with Gasteiger partial charge in [-0.05, 0) is 30.3 Å². The molecule has 0 radical (unpaired) electrons. The van der Waals surface area contributed by atoms with Gasteiger partial charge in [-0.15, -0.1) is 0 Å². The maximum atomic E-state index is 13.4. The third-order valence-corrected chi connectivity index (χ3v) is 2.93. The molecule has 0 bridgehead atoms. The highest BCUT2D eigenvalue weighted by Crippen LogP contribution is 2.26. The summed E-state index contributed by atoms with van der Waals surface area (Å²) in [6.45, 7) is 0. The Morgan fingerprint density at radius 1 is 1.06 bits per heavy atom. The first-order valence-electron chi connectivity index (χ1n) is 5.82. The standard InChI is InChI=1S/C15H16FNO/c1-17-15(11-6-4-3-5-7-11)12-8-9-13(16)14(10-12)18-2/h3-10,15,17H,1-2H3. The van der Waals surface area contributed by atoms with E-state index in [-0.39, 0.29) is 17.6 Å². The molecule has 0 spiro atoms. The number of methoxy groups -OCH3 is 1. The lowest BCUT2D eigenvalue weighted by molar-refractivity contribution is 0.385. The van der Waals surface area contributed by atoms with E-state index in [4.69, 9.17) is 4.74 Å². The molecule has 3 heteroatoms. The fraction of sp³-hybridized carbons (Fsp3) is 0.200. The van der Waals surface area contributed by atoms with Crippen molar-refractivity contribution < 1.29 is 9.13 Å². The summed E-state index contributed by atoms with van der Waals surface area (Å²) in [6.07, 6.45) is 0. The van der Waals surface area contributed by atoms with Crippen molar-refractivity contribution in [3.63, 3.8) is 0 Å². The molecule has 0 aromatic heterocycles. The molecule has 2 aromatic carbocycles. The van der Waals surface area contributed by atoms with Crippen LogP contribution in [0.15, 0.2) is 48.5 Å². The molecule has 2 aromatic rings. The van der Waals surface area contributed by atoms with Crippen LogP contribution in [-0.2, 0) is 0 Å². The van der Waals surface area contributed by atoms with Gasteiger partial charge >= 0.3 is 0 Å². The smallest absolute Gasteiger partial charge is 0.165 e. The monoisotopic (exact) mass is 245 g/mol. The molecule has 0 saturated carbocycles. The number of hydrogen-bond donors (Lipinski definition) is 1. The lowest BCUT2D eigenvalue weighted by atomic mass is 9.98. The van der Waals surface area contributed by atoms with Crippen LogP contribution in [0.3, 0.4) is 0 Å². The molecule has 0 saturated heterocycles. The van der Waals surface area contributed by atoms with Crippen molar-refractivity contribution in [2.24, 2.45) is 0 Å². The Morgan fingerprint density at radius 3 is 2.39 bits per heavy atom. The van der Waals surface area contributed by atoms with Gasteiger partial charge in [0, 0.05) is 0 Å². The molecule has 0 fully saturated rings. The van der Waals surface area contributed by atoms with Gasteiger partial charge in [0.25, 0.3) is 0 Å². The van der Waals surface area contributed by atoms with Gasteiger partial charge in [0.05, 0.1) is 13.2 Å². The molecule has 94 valence electrons. The minimum atomic E-state index is -0.343. The van der Waals surface area contributed by atoms with Crippen molar-refractivity contribution in [3.8, 4) is 5.75 Å². The Kier molecular flexibility index (Phi) is 3.95. The normalized spacial score (nSPS) is 12.2. The highest BCUT2D eigenvalue weighted by molar-refractivity contribution is 5.37. The van der Waals surface area contributed by atoms with E-state index in [9.17, 15) is 4.39 Å². The minimum absolute atomic E-state index is 0.0284. The second kappa shape index (κ2) is 5.65. The maximum absolute atomic E-state index is 13.4. The van der Waals surface area contributed by atoms with Crippen LogP contribution >= 0.6 is 0 Å². The van der Waals surface area contributed by atoms with Crippen LogP contribution in [0.1, 0.15) is 17.2 Å². The third-order valence-electron chi connectivity index (χ3n) is 2.93. The Balaban J connectivity index is 2.39. The van der Waals surface area contributed by atoms with Gasteiger partial charge in [-0.3, -0.25) is 0 Å². The fourth-order valence-corrected chi connectivity index (χ4v) is 2.03. The highest BCUT2D eigenvalue weighted by Gasteiger charge is 2.13. The first-order valence-corrected chi connectivity index (χ1v) is 5.82. The topological polar surface area (TPSA) is 21.3 Å². The van der Waals surface area contributed by atoms with Crippen LogP contribution in [0.25, 0.3) is 0 Å². The summed E-state index contributed by atoms with van der Waals surface area (Å²) in [7, 11) is 3.35. The molecular formula is C15H16FNO. The molecule has 1 unspecified atom stereocenters. The molecule has 0 heterocycles. The molecular weight excluding hydrogens is 229 g/mol. The van der Waals surface area contributed by atoms with Crippen LogP contribution in [0.2, 0.25) is 0 Å². The quantitative estimate of drug-likeness (QED) is 0.893. The maximum Gasteiger partial charge on any atom is 0.165 e. The summed E-state index contributed by atoms with van der Waals surface area (Å²) < 4.78 is 18.4. The number of benzene rings is 2. The summed E-state index contributed by atoms with van der Waals surface area (Å²) >= 11 is 0. The minimum Gasteiger partial charge on any atom is -0.494 e. The van der Waals surface area contributed by atoms with E-state index in [1.54, 1.807) is 12.1 Å². The molecule has 18 heavy (non-hydrogen) atoms. The molecule has 2 nitrogen and oxygen atoms in total. The summed E-state index contributed by atoms with van der Waals surface area (Å²) in [5.74, 6) is -0.0761. The average molecular weight is 245 g/mol. The first kappa shape index (κ1) is 12.6. The zero-order valence-electron chi connectivity index (χ0n) is 10.5. The van der Waals surface area contributed by atoms with Gasteiger partial charge in [-0.25, -0.2) is 4.39 Å². The van der Waals surface area contributed by atoms with Gasteiger partial charge in [0.1, 0.15) is 0 Å². The Morgan fingerprint density at radius 2 is 1.78 bits per heavy atom. The predicted octanol–water partition coefficient (Wildman–Crippen LogP) is 3.14. The molecule has 2 rings (SSSR count). The van der Waals surface area contributed by atoms with Crippen molar-refractivity contribution in [1.82, 2.24) is 5.32 Å². The van der Waals surface area contributed by atoms with Gasteiger partial charge in [-0.2, -0.15) is 0 Å². The van der Waals surface area contributed by atoms with Crippen LogP contribution in [0, 0.1) is 5.82 Å². The highest BCUT2D eigenvalue weighted by atomic mass is 19.1. The van der Waals surface area contributed by atoms with E-state index in [1.807, 2.05) is 37.4 Å². The van der Waals surface area contributed by atoms with E-state index in [1.165, 1.54) is 13.2 Å². The summed E-state index contributed by atoms with van der Waals surface area (Å²) in [6, 6.07) is 15.0. The zero-order chi connectivity index (χ0) is 13.0. The molecule has 0 aliphatic carbocycles. The summed E-state index contributed by atoms with van der Waals surface area (Å²) in [5, 5.41) is 3.23. The van der Waals surface area contributed by atoms with E-state index >= 15 is 0 Å². The van der Waals surface area contributed by atoms with Crippen molar-refractivity contribution in [2.45, 2.75) is 6.04 Å². The van der Waals surface area contributed by atoms with E-state index < -0.39 is 0 Å². The largest absolute Gasteiger partial charge is 0.494 e. The Bertz CT molecular complexity index is 513.